The summed E-state index contributed by atoms with van der Waals surface area (Å²) in [7, 11) is 1.13. The van der Waals surface area contributed by atoms with Crippen LogP contribution in [0.1, 0.15) is 19.8 Å². The maximum Gasteiger partial charge on any atom is 0.337 e. The van der Waals surface area contributed by atoms with Gasteiger partial charge in [0.2, 0.25) is 12.6 Å². The molecule has 0 aromatic rings. The van der Waals surface area contributed by atoms with Crippen molar-refractivity contribution in [3.8, 4) is 0 Å². The lowest BCUT2D eigenvalue weighted by Gasteiger charge is -2.45. The second kappa shape index (κ2) is 15.4. The minimum absolute atomic E-state index is 0.0329. The van der Waals surface area contributed by atoms with Gasteiger partial charge in [-0.25, -0.2) is 9.59 Å². The van der Waals surface area contributed by atoms with Crippen LogP contribution in [0.2, 0.25) is 0 Å². The monoisotopic (exact) mass is 762 g/mol. The first-order valence-corrected chi connectivity index (χ1v) is 17.1. The van der Waals surface area contributed by atoms with Gasteiger partial charge in [-0.15, -0.1) is 0 Å². The van der Waals surface area contributed by atoms with Gasteiger partial charge in [0.15, 0.2) is 12.6 Å². The first kappa shape index (κ1) is 39.9. The molecule has 4 heterocycles. The first-order chi connectivity index (χ1) is 25.1. The molecule has 0 radical (unpaired) electrons. The van der Waals surface area contributed by atoms with Crippen LogP contribution in [0.25, 0.3) is 0 Å². The van der Waals surface area contributed by atoms with Gasteiger partial charge in [0.1, 0.15) is 61.0 Å². The molecule has 2 saturated heterocycles. The molecule has 1 saturated carbocycles. The number of ether oxygens (including phenoxy) is 8. The Bertz CT molecular complexity index is 1440. The van der Waals surface area contributed by atoms with Gasteiger partial charge in [0.05, 0.1) is 61.4 Å². The zero-order valence-corrected chi connectivity index (χ0v) is 28.6. The molecule has 0 aromatic carbocycles. The van der Waals surface area contributed by atoms with Crippen LogP contribution in [0.4, 0.5) is 0 Å². The molecule has 298 valence electrons. The molecular weight excluding hydrogens is 716 g/mol. The number of hydrogen-bond acceptors (Lipinski definition) is 20. The van der Waals surface area contributed by atoms with Crippen molar-refractivity contribution in [1.29, 1.82) is 0 Å². The number of esters is 2. The van der Waals surface area contributed by atoms with Crippen LogP contribution in [-0.2, 0) is 47.5 Å². The number of allylic oxidation sites excluding steroid dienone is 1. The van der Waals surface area contributed by atoms with Gasteiger partial charge in [-0.2, -0.15) is 0 Å². The van der Waals surface area contributed by atoms with Crippen LogP contribution in [0.3, 0.4) is 0 Å². The van der Waals surface area contributed by atoms with Gasteiger partial charge in [0, 0.05) is 11.8 Å². The van der Waals surface area contributed by atoms with Crippen molar-refractivity contribution >= 4 is 11.9 Å². The summed E-state index contributed by atoms with van der Waals surface area (Å²) in [6, 6.07) is 0. The highest BCUT2D eigenvalue weighted by atomic mass is 16.8. The SMILES string of the molecule is COC(=O)C1=COC(OC2OC(CO)C(O)C(O)C2O)C2C1C=CC2(O)COC(=O)C1=COC(OC2OC(CO)C(O)C(O)C2O)C2C1CCC2(C)O. The standard InChI is InChI=1S/C33H46O20/c1-32(44)5-3-12-15(10-47-28(18(12)32)52-30-24(40)22(38)20(36)16(7-34)50-30)27(43)49-11-33(45)6-4-13-14(26(42)46-2)9-48-29(19(13)33)53-31-25(41)23(39)21(37)17(8-35)51-31/h4,6,9-10,12-13,16-25,28-31,34-41,44-45H,3,5,7-8,11H2,1-2H3. The summed E-state index contributed by atoms with van der Waals surface area (Å²) in [5.74, 6) is -5.65. The molecule has 18 atom stereocenters. The van der Waals surface area contributed by atoms with E-state index < -0.39 is 141 Å². The van der Waals surface area contributed by atoms with Crippen LogP contribution in [0, 0.1) is 23.7 Å². The lowest BCUT2D eigenvalue weighted by Crippen LogP contribution is -2.61. The molecule has 4 aliphatic heterocycles. The fourth-order valence-electron chi connectivity index (χ4n) is 7.96. The highest BCUT2D eigenvalue weighted by molar-refractivity contribution is 5.90. The smallest absolute Gasteiger partial charge is 0.337 e. The maximum atomic E-state index is 13.7. The molecule has 0 spiro atoms. The second-order valence-corrected chi connectivity index (χ2v) is 14.3. The van der Waals surface area contributed by atoms with Gasteiger partial charge in [-0.3, -0.25) is 0 Å². The number of aliphatic hydroxyl groups is 10. The van der Waals surface area contributed by atoms with Crippen molar-refractivity contribution in [1.82, 2.24) is 0 Å². The zero-order valence-electron chi connectivity index (χ0n) is 28.6. The number of aliphatic hydroxyl groups excluding tert-OH is 8. The van der Waals surface area contributed by atoms with Gasteiger partial charge < -0.3 is 89.0 Å². The fourth-order valence-corrected chi connectivity index (χ4v) is 7.96. The molecule has 0 bridgehead atoms. The molecule has 3 fully saturated rings. The molecule has 20 nitrogen and oxygen atoms in total. The van der Waals surface area contributed by atoms with E-state index in [0.717, 1.165) is 19.6 Å². The Morgan fingerprint density at radius 3 is 1.81 bits per heavy atom. The number of hydrogen-bond donors (Lipinski definition) is 10. The van der Waals surface area contributed by atoms with E-state index in [1.807, 2.05) is 0 Å². The quantitative estimate of drug-likeness (QED) is 0.0737. The number of carbonyl (C=O) groups is 2. The zero-order chi connectivity index (χ0) is 38.6. The summed E-state index contributed by atoms with van der Waals surface area (Å²) in [5, 5.41) is 104. The largest absolute Gasteiger partial charge is 0.471 e. The Hall–Kier alpha value is -2.80. The summed E-state index contributed by atoms with van der Waals surface area (Å²) in [5.41, 5.74) is -3.64. The average molecular weight is 763 g/mol. The summed E-state index contributed by atoms with van der Waals surface area (Å²) >= 11 is 0. The lowest BCUT2D eigenvalue weighted by molar-refractivity contribution is -0.347. The third-order valence-corrected chi connectivity index (χ3v) is 11.0. The first-order valence-electron chi connectivity index (χ1n) is 17.1. The Labute approximate surface area is 301 Å². The number of fused-ring (bicyclic) bond motifs is 2. The van der Waals surface area contributed by atoms with Gasteiger partial charge >= 0.3 is 11.9 Å². The van der Waals surface area contributed by atoms with Crippen LogP contribution < -0.4 is 0 Å². The second-order valence-electron chi connectivity index (χ2n) is 14.3. The van der Waals surface area contributed by atoms with E-state index in [4.69, 9.17) is 37.9 Å². The summed E-state index contributed by atoms with van der Waals surface area (Å²) in [6.07, 6.45) is -13.9. The van der Waals surface area contributed by atoms with Crippen molar-refractivity contribution in [3.63, 3.8) is 0 Å². The minimum atomic E-state index is -2.10. The van der Waals surface area contributed by atoms with E-state index in [9.17, 15) is 60.7 Å². The van der Waals surface area contributed by atoms with Crippen molar-refractivity contribution < 1.29 is 98.5 Å². The van der Waals surface area contributed by atoms with E-state index in [-0.39, 0.29) is 24.0 Å². The molecule has 53 heavy (non-hydrogen) atoms. The summed E-state index contributed by atoms with van der Waals surface area (Å²) in [4.78, 5) is 26.3. The predicted octanol–water partition coefficient (Wildman–Crippen LogP) is -4.87. The fraction of sp³-hybridized carbons (Fsp3) is 0.758. The summed E-state index contributed by atoms with van der Waals surface area (Å²) in [6.45, 7) is -0.693. The van der Waals surface area contributed by atoms with Gasteiger partial charge in [0.25, 0.3) is 0 Å². The normalized spacial score (nSPS) is 47.7. The molecule has 2 aliphatic carbocycles. The molecule has 20 heteroatoms. The van der Waals surface area contributed by atoms with Crippen molar-refractivity contribution in [3.05, 3.63) is 35.8 Å². The Kier molecular flexibility index (Phi) is 11.6. The lowest BCUT2D eigenvalue weighted by atomic mass is 9.79. The van der Waals surface area contributed by atoms with Crippen LogP contribution in [0.5, 0.6) is 0 Å². The molecule has 6 aliphatic rings. The van der Waals surface area contributed by atoms with E-state index in [0.29, 0.717) is 0 Å². The van der Waals surface area contributed by atoms with Crippen molar-refractivity contribution in [2.24, 2.45) is 23.7 Å². The van der Waals surface area contributed by atoms with E-state index >= 15 is 0 Å². The van der Waals surface area contributed by atoms with Crippen LogP contribution in [-0.4, -0.2) is 175 Å². The predicted molar refractivity (Wildman–Crippen MR) is 166 cm³/mol. The number of rotatable bonds is 10. The Morgan fingerprint density at radius 1 is 0.755 bits per heavy atom. The van der Waals surface area contributed by atoms with Crippen molar-refractivity contribution in [2.45, 2.75) is 105 Å². The number of carbonyl (C=O) groups excluding carboxylic acids is 2. The third kappa shape index (κ3) is 7.22. The highest BCUT2D eigenvalue weighted by Crippen LogP contribution is 2.50. The van der Waals surface area contributed by atoms with E-state index in [2.05, 4.69) is 0 Å². The minimum Gasteiger partial charge on any atom is -0.471 e. The van der Waals surface area contributed by atoms with Gasteiger partial charge in [-0.05, 0) is 19.8 Å². The van der Waals surface area contributed by atoms with Crippen LogP contribution in [0.15, 0.2) is 35.8 Å². The topological polar surface area (TPSA) is 310 Å². The average Bonchev–Trinajstić information content (AvgIpc) is 3.67. The van der Waals surface area contributed by atoms with Crippen molar-refractivity contribution in [2.75, 3.05) is 26.9 Å². The molecule has 18 unspecified atom stereocenters. The summed E-state index contributed by atoms with van der Waals surface area (Å²) < 4.78 is 44.3. The third-order valence-electron chi connectivity index (χ3n) is 11.0. The number of methoxy groups -OCH3 is 1. The molecular formula is C33H46O20. The van der Waals surface area contributed by atoms with Crippen LogP contribution >= 0.6 is 0 Å². The van der Waals surface area contributed by atoms with E-state index in [1.54, 1.807) is 0 Å². The molecule has 6 rings (SSSR count). The maximum absolute atomic E-state index is 13.7. The Balaban J connectivity index is 1.19. The van der Waals surface area contributed by atoms with Gasteiger partial charge in [-0.1, -0.05) is 12.2 Å². The molecule has 0 amide bonds. The Morgan fingerprint density at radius 2 is 1.28 bits per heavy atom. The van der Waals surface area contributed by atoms with E-state index in [1.165, 1.54) is 19.1 Å². The highest BCUT2D eigenvalue weighted by Gasteiger charge is 2.58. The molecule has 0 aromatic heterocycles. The molecule has 10 N–H and O–H groups in total.